The summed E-state index contributed by atoms with van der Waals surface area (Å²) in [7, 11) is 0. The second kappa shape index (κ2) is 11.1. The van der Waals surface area contributed by atoms with Gasteiger partial charge in [0.15, 0.2) is 0 Å². The van der Waals surface area contributed by atoms with Crippen LogP contribution in [0.1, 0.15) is 74.5 Å². The van der Waals surface area contributed by atoms with Gasteiger partial charge in [-0.2, -0.15) is 0 Å². The lowest BCUT2D eigenvalue weighted by Gasteiger charge is -2.34. The van der Waals surface area contributed by atoms with Crippen LogP contribution < -0.4 is 0 Å². The van der Waals surface area contributed by atoms with Gasteiger partial charge >= 0.3 is 0 Å². The fraction of sp³-hybridized carbons (Fsp3) is 0.536. The molecular weight excluding hydrogens is 399 g/mol. The van der Waals surface area contributed by atoms with Crippen molar-refractivity contribution in [1.29, 1.82) is 0 Å². The Morgan fingerprint density at radius 2 is 1.66 bits per heavy atom. The Hall–Kier alpha value is -2.20. The lowest BCUT2D eigenvalue weighted by molar-refractivity contribution is -0.130. The van der Waals surface area contributed by atoms with Gasteiger partial charge < -0.3 is 4.90 Å². The maximum absolute atomic E-state index is 13.2. The first-order chi connectivity index (χ1) is 15.6. The van der Waals surface area contributed by atoms with Gasteiger partial charge in [-0.05, 0) is 79.4 Å². The van der Waals surface area contributed by atoms with Crippen molar-refractivity contribution in [1.82, 2.24) is 9.80 Å². The average Bonchev–Trinajstić information content (AvgIpc) is 2.82. The SMILES string of the molecule is CC(=O)N(Cc1ccccc1C1CCN(Cc2ccc(F)cc2)CC1)CC1CCCCC1. The van der Waals surface area contributed by atoms with Crippen LogP contribution >= 0.6 is 0 Å². The molecule has 1 amide bonds. The molecule has 2 aliphatic rings. The van der Waals surface area contributed by atoms with Crippen molar-refractivity contribution in [3.63, 3.8) is 0 Å². The minimum atomic E-state index is -0.174. The summed E-state index contributed by atoms with van der Waals surface area (Å²) in [5, 5.41) is 0. The van der Waals surface area contributed by atoms with Gasteiger partial charge in [-0.3, -0.25) is 9.69 Å². The standard InChI is InChI=1S/C28H37FN2O/c1-22(32)31(20-23-7-3-2-4-8-23)21-26-9-5-6-10-28(26)25-15-17-30(18-16-25)19-24-11-13-27(29)14-12-24/h5-6,9-14,23,25H,2-4,7-8,15-21H2,1H3. The minimum Gasteiger partial charge on any atom is -0.338 e. The molecule has 0 N–H and O–H groups in total. The van der Waals surface area contributed by atoms with Gasteiger partial charge in [0.05, 0.1) is 0 Å². The molecule has 0 unspecified atom stereocenters. The van der Waals surface area contributed by atoms with E-state index in [1.165, 1.54) is 48.8 Å². The predicted octanol–water partition coefficient (Wildman–Crippen LogP) is 6.13. The van der Waals surface area contributed by atoms with E-state index in [1.54, 1.807) is 19.1 Å². The lowest BCUT2D eigenvalue weighted by atomic mass is 9.85. The molecule has 1 saturated heterocycles. The van der Waals surface area contributed by atoms with Crippen LogP contribution in [0.3, 0.4) is 0 Å². The van der Waals surface area contributed by atoms with E-state index in [0.29, 0.717) is 11.8 Å². The van der Waals surface area contributed by atoms with Crippen molar-refractivity contribution in [2.24, 2.45) is 5.92 Å². The van der Waals surface area contributed by atoms with Gasteiger partial charge in [-0.1, -0.05) is 55.7 Å². The second-order valence-corrected chi connectivity index (χ2v) is 9.78. The molecule has 0 aromatic heterocycles. The molecule has 172 valence electrons. The van der Waals surface area contributed by atoms with Crippen LogP contribution in [-0.2, 0) is 17.9 Å². The first-order valence-corrected chi connectivity index (χ1v) is 12.4. The third kappa shape index (κ3) is 6.19. The normalized spacial score (nSPS) is 18.6. The zero-order valence-electron chi connectivity index (χ0n) is 19.4. The fourth-order valence-corrected chi connectivity index (χ4v) is 5.52. The number of rotatable bonds is 7. The van der Waals surface area contributed by atoms with Crippen molar-refractivity contribution in [3.8, 4) is 0 Å². The van der Waals surface area contributed by atoms with Crippen molar-refractivity contribution >= 4 is 5.91 Å². The molecule has 2 aromatic carbocycles. The van der Waals surface area contributed by atoms with Crippen LogP contribution in [0.15, 0.2) is 48.5 Å². The van der Waals surface area contributed by atoms with Crippen molar-refractivity contribution in [2.45, 2.75) is 70.9 Å². The predicted molar refractivity (Wildman–Crippen MR) is 128 cm³/mol. The molecule has 0 spiro atoms. The minimum absolute atomic E-state index is 0.174. The number of amides is 1. The molecule has 3 nitrogen and oxygen atoms in total. The Bertz CT molecular complexity index is 867. The Morgan fingerprint density at radius 3 is 2.34 bits per heavy atom. The fourth-order valence-electron chi connectivity index (χ4n) is 5.52. The maximum atomic E-state index is 13.2. The molecule has 4 rings (SSSR count). The Kier molecular flexibility index (Phi) is 7.96. The molecule has 4 heteroatoms. The van der Waals surface area contributed by atoms with Crippen LogP contribution in [0, 0.1) is 11.7 Å². The molecule has 1 heterocycles. The number of likely N-dealkylation sites (tertiary alicyclic amines) is 1. The van der Waals surface area contributed by atoms with E-state index in [-0.39, 0.29) is 11.7 Å². The summed E-state index contributed by atoms with van der Waals surface area (Å²) < 4.78 is 13.2. The molecule has 0 radical (unpaired) electrons. The average molecular weight is 437 g/mol. The van der Waals surface area contributed by atoms with Gasteiger partial charge in [-0.15, -0.1) is 0 Å². The van der Waals surface area contributed by atoms with Gasteiger partial charge in [0.1, 0.15) is 5.82 Å². The third-order valence-corrected chi connectivity index (χ3v) is 7.41. The molecular formula is C28H37FN2O. The molecule has 0 bridgehead atoms. The van der Waals surface area contributed by atoms with E-state index in [4.69, 9.17) is 0 Å². The monoisotopic (exact) mass is 436 g/mol. The zero-order chi connectivity index (χ0) is 22.3. The highest BCUT2D eigenvalue weighted by molar-refractivity contribution is 5.73. The van der Waals surface area contributed by atoms with E-state index in [1.807, 2.05) is 12.1 Å². The van der Waals surface area contributed by atoms with E-state index in [2.05, 4.69) is 34.1 Å². The summed E-state index contributed by atoms with van der Waals surface area (Å²) in [5.41, 5.74) is 3.91. The highest BCUT2D eigenvalue weighted by Gasteiger charge is 2.24. The number of benzene rings is 2. The Labute approximate surface area is 192 Å². The number of piperidine rings is 1. The van der Waals surface area contributed by atoms with Gasteiger partial charge in [0.25, 0.3) is 0 Å². The first kappa shape index (κ1) is 23.0. The smallest absolute Gasteiger partial charge is 0.219 e. The highest BCUT2D eigenvalue weighted by Crippen LogP contribution is 2.32. The maximum Gasteiger partial charge on any atom is 0.219 e. The van der Waals surface area contributed by atoms with Gasteiger partial charge in [-0.25, -0.2) is 4.39 Å². The van der Waals surface area contributed by atoms with E-state index < -0.39 is 0 Å². The molecule has 1 aliphatic heterocycles. The quantitative estimate of drug-likeness (QED) is 0.521. The summed E-state index contributed by atoms with van der Waals surface area (Å²) in [4.78, 5) is 17.0. The number of carbonyl (C=O) groups is 1. The van der Waals surface area contributed by atoms with Crippen LogP contribution in [-0.4, -0.2) is 35.3 Å². The zero-order valence-corrected chi connectivity index (χ0v) is 19.4. The van der Waals surface area contributed by atoms with E-state index >= 15 is 0 Å². The molecule has 1 saturated carbocycles. The van der Waals surface area contributed by atoms with E-state index in [9.17, 15) is 9.18 Å². The van der Waals surface area contributed by atoms with Crippen LogP contribution in [0.25, 0.3) is 0 Å². The highest BCUT2D eigenvalue weighted by atomic mass is 19.1. The largest absolute Gasteiger partial charge is 0.338 e. The summed E-state index contributed by atoms with van der Waals surface area (Å²) in [6, 6.07) is 15.6. The molecule has 2 fully saturated rings. The van der Waals surface area contributed by atoms with Crippen LogP contribution in [0.4, 0.5) is 4.39 Å². The summed E-state index contributed by atoms with van der Waals surface area (Å²) in [6.45, 7) is 6.34. The second-order valence-electron chi connectivity index (χ2n) is 9.78. The third-order valence-electron chi connectivity index (χ3n) is 7.41. The Balaban J connectivity index is 1.37. The van der Waals surface area contributed by atoms with Crippen molar-refractivity contribution < 1.29 is 9.18 Å². The van der Waals surface area contributed by atoms with Crippen LogP contribution in [0.5, 0.6) is 0 Å². The summed E-state index contributed by atoms with van der Waals surface area (Å²) >= 11 is 0. The molecule has 32 heavy (non-hydrogen) atoms. The summed E-state index contributed by atoms with van der Waals surface area (Å²) in [5.74, 6) is 1.22. The Morgan fingerprint density at radius 1 is 0.969 bits per heavy atom. The summed E-state index contributed by atoms with van der Waals surface area (Å²) in [6.07, 6.45) is 8.74. The molecule has 2 aromatic rings. The number of hydrogen-bond donors (Lipinski definition) is 0. The van der Waals surface area contributed by atoms with Crippen molar-refractivity contribution in [3.05, 3.63) is 71.0 Å². The number of halogens is 1. The number of hydrogen-bond acceptors (Lipinski definition) is 2. The van der Waals surface area contributed by atoms with Crippen molar-refractivity contribution in [2.75, 3.05) is 19.6 Å². The lowest BCUT2D eigenvalue weighted by Crippen LogP contribution is -2.35. The topological polar surface area (TPSA) is 23.6 Å². The molecule has 1 aliphatic carbocycles. The van der Waals surface area contributed by atoms with Crippen LogP contribution in [0.2, 0.25) is 0 Å². The van der Waals surface area contributed by atoms with Gasteiger partial charge in [0.2, 0.25) is 5.91 Å². The first-order valence-electron chi connectivity index (χ1n) is 12.4. The number of nitrogens with zero attached hydrogens (tertiary/aromatic N) is 2. The van der Waals surface area contributed by atoms with Gasteiger partial charge in [0, 0.05) is 26.6 Å². The van der Waals surface area contributed by atoms with E-state index in [0.717, 1.165) is 45.6 Å². The number of carbonyl (C=O) groups excluding carboxylic acids is 1. The molecule has 0 atom stereocenters.